The number of hydrogen-bond acceptors (Lipinski definition) is 2. The summed E-state index contributed by atoms with van der Waals surface area (Å²) in [6, 6.07) is 9.10. The Hall–Kier alpha value is -0.380. The number of nitrogens with zero attached hydrogens (tertiary/aromatic N) is 1. The van der Waals surface area contributed by atoms with E-state index in [4.69, 9.17) is 5.73 Å². The maximum absolute atomic E-state index is 6.48. The topological polar surface area (TPSA) is 29.3 Å². The summed E-state index contributed by atoms with van der Waals surface area (Å²) in [6.45, 7) is 6.86. The summed E-state index contributed by atoms with van der Waals surface area (Å²) in [5.41, 5.74) is 7.83. The molecule has 2 rings (SSSR count). The Morgan fingerprint density at radius 2 is 1.90 bits per heavy atom. The normalized spacial score (nSPS) is 20.4. The highest BCUT2D eigenvalue weighted by molar-refractivity contribution is 9.10. The number of piperidine rings is 1. The van der Waals surface area contributed by atoms with E-state index in [0.717, 1.165) is 12.3 Å². The summed E-state index contributed by atoms with van der Waals surface area (Å²) in [6.07, 6.45) is 6.36. The molecule has 21 heavy (non-hydrogen) atoms. The Kier molecular flexibility index (Phi) is 6.72. The highest BCUT2D eigenvalue weighted by Crippen LogP contribution is 2.34. The second-order valence-corrected chi connectivity index (χ2v) is 7.16. The van der Waals surface area contributed by atoms with Gasteiger partial charge >= 0.3 is 0 Å². The standard InChI is InChI=1S/C18H29BrN2/c1-3-7-14-10-12-21(13-11-14)18(17(20)4-2)15-8-5-6-9-16(15)19/h5-6,8-9,14,17-18H,3-4,7,10-13,20H2,1-2H3. The van der Waals surface area contributed by atoms with Gasteiger partial charge in [0.05, 0.1) is 6.04 Å². The number of likely N-dealkylation sites (tertiary alicyclic amines) is 1. The summed E-state index contributed by atoms with van der Waals surface area (Å²) < 4.78 is 1.19. The van der Waals surface area contributed by atoms with Crippen LogP contribution in [0.15, 0.2) is 28.7 Å². The first kappa shape index (κ1) is 17.0. The van der Waals surface area contributed by atoms with Gasteiger partial charge in [0.1, 0.15) is 0 Å². The minimum absolute atomic E-state index is 0.200. The third-order valence-corrected chi connectivity index (χ3v) is 5.56. The molecule has 1 aliphatic heterocycles. The first-order valence-electron chi connectivity index (χ1n) is 8.41. The number of halogens is 1. The van der Waals surface area contributed by atoms with Crippen molar-refractivity contribution in [3.63, 3.8) is 0 Å². The van der Waals surface area contributed by atoms with Gasteiger partial charge in [0, 0.05) is 10.5 Å². The molecule has 0 saturated carbocycles. The molecule has 2 unspecified atom stereocenters. The first-order chi connectivity index (χ1) is 10.2. The largest absolute Gasteiger partial charge is 0.326 e. The summed E-state index contributed by atoms with van der Waals surface area (Å²) in [5.74, 6) is 0.920. The van der Waals surface area contributed by atoms with E-state index in [1.54, 1.807) is 0 Å². The van der Waals surface area contributed by atoms with Crippen LogP contribution in [0.25, 0.3) is 0 Å². The van der Waals surface area contributed by atoms with E-state index in [2.05, 4.69) is 58.9 Å². The second-order valence-electron chi connectivity index (χ2n) is 6.31. The molecule has 118 valence electrons. The van der Waals surface area contributed by atoms with Crippen molar-refractivity contribution in [1.82, 2.24) is 4.90 Å². The molecule has 2 N–H and O–H groups in total. The lowest BCUT2D eigenvalue weighted by Crippen LogP contribution is -2.44. The van der Waals surface area contributed by atoms with Gasteiger partial charge < -0.3 is 5.73 Å². The molecular weight excluding hydrogens is 324 g/mol. The molecule has 0 radical (unpaired) electrons. The predicted molar refractivity (Wildman–Crippen MR) is 94.4 cm³/mol. The predicted octanol–water partition coefficient (Wildman–Crippen LogP) is 4.74. The number of rotatable bonds is 6. The highest BCUT2D eigenvalue weighted by Gasteiger charge is 2.30. The third kappa shape index (κ3) is 4.30. The quantitative estimate of drug-likeness (QED) is 0.800. The van der Waals surface area contributed by atoms with Crippen LogP contribution < -0.4 is 5.73 Å². The summed E-state index contributed by atoms with van der Waals surface area (Å²) in [5, 5.41) is 0. The summed E-state index contributed by atoms with van der Waals surface area (Å²) in [7, 11) is 0. The van der Waals surface area contributed by atoms with Gasteiger partial charge in [-0.15, -0.1) is 0 Å². The maximum atomic E-state index is 6.48. The molecule has 1 aromatic carbocycles. The number of benzene rings is 1. The molecule has 0 aromatic heterocycles. The van der Waals surface area contributed by atoms with Gasteiger partial charge in [-0.05, 0) is 49.9 Å². The molecular formula is C18H29BrN2. The summed E-state index contributed by atoms with van der Waals surface area (Å²) >= 11 is 3.72. The van der Waals surface area contributed by atoms with Crippen LogP contribution in [0.2, 0.25) is 0 Å². The van der Waals surface area contributed by atoms with E-state index in [9.17, 15) is 0 Å². The van der Waals surface area contributed by atoms with Gasteiger partial charge in [0.25, 0.3) is 0 Å². The van der Waals surface area contributed by atoms with Crippen molar-refractivity contribution >= 4 is 15.9 Å². The van der Waals surface area contributed by atoms with Crippen LogP contribution in [-0.2, 0) is 0 Å². The van der Waals surface area contributed by atoms with E-state index in [1.807, 2.05) is 0 Å². The molecule has 0 spiro atoms. The monoisotopic (exact) mass is 352 g/mol. The van der Waals surface area contributed by atoms with Gasteiger partial charge in [0.15, 0.2) is 0 Å². The van der Waals surface area contributed by atoms with E-state index in [0.29, 0.717) is 6.04 Å². The van der Waals surface area contributed by atoms with Crippen LogP contribution in [0, 0.1) is 5.92 Å². The minimum Gasteiger partial charge on any atom is -0.326 e. The zero-order valence-electron chi connectivity index (χ0n) is 13.4. The molecule has 1 saturated heterocycles. The average molecular weight is 353 g/mol. The van der Waals surface area contributed by atoms with Crippen molar-refractivity contribution in [2.24, 2.45) is 11.7 Å². The van der Waals surface area contributed by atoms with Gasteiger partial charge in [-0.3, -0.25) is 4.90 Å². The fraction of sp³-hybridized carbons (Fsp3) is 0.667. The van der Waals surface area contributed by atoms with Crippen LogP contribution in [-0.4, -0.2) is 24.0 Å². The first-order valence-corrected chi connectivity index (χ1v) is 9.20. The third-order valence-electron chi connectivity index (χ3n) is 4.84. The minimum atomic E-state index is 0.200. The zero-order valence-corrected chi connectivity index (χ0v) is 15.0. The lowest BCUT2D eigenvalue weighted by atomic mass is 9.89. The molecule has 1 heterocycles. The van der Waals surface area contributed by atoms with Gasteiger partial charge in [0.2, 0.25) is 0 Å². The molecule has 0 aliphatic carbocycles. The van der Waals surface area contributed by atoms with Crippen molar-refractivity contribution < 1.29 is 0 Å². The molecule has 1 fully saturated rings. The van der Waals surface area contributed by atoms with E-state index >= 15 is 0 Å². The average Bonchev–Trinajstić information content (AvgIpc) is 2.51. The van der Waals surface area contributed by atoms with Crippen LogP contribution in [0.3, 0.4) is 0 Å². The Balaban J connectivity index is 2.13. The molecule has 0 bridgehead atoms. The van der Waals surface area contributed by atoms with Crippen molar-refractivity contribution in [3.8, 4) is 0 Å². The highest BCUT2D eigenvalue weighted by atomic mass is 79.9. The smallest absolute Gasteiger partial charge is 0.0510 e. The number of nitrogens with two attached hydrogens (primary N) is 1. The lowest BCUT2D eigenvalue weighted by molar-refractivity contribution is 0.111. The van der Waals surface area contributed by atoms with Gasteiger partial charge in [-0.25, -0.2) is 0 Å². The zero-order chi connectivity index (χ0) is 15.2. The Morgan fingerprint density at radius 1 is 1.24 bits per heavy atom. The fourth-order valence-corrected chi connectivity index (χ4v) is 4.08. The SMILES string of the molecule is CCCC1CCN(C(c2ccccc2Br)C(N)CC)CC1. The maximum Gasteiger partial charge on any atom is 0.0510 e. The Labute approximate surface area is 138 Å². The van der Waals surface area contributed by atoms with E-state index < -0.39 is 0 Å². The Bertz CT molecular complexity index is 427. The van der Waals surface area contributed by atoms with Crippen LogP contribution in [0.1, 0.15) is 57.6 Å². The van der Waals surface area contributed by atoms with Gasteiger partial charge in [-0.1, -0.05) is 60.8 Å². The van der Waals surface area contributed by atoms with Crippen molar-refractivity contribution in [1.29, 1.82) is 0 Å². The number of hydrogen-bond donors (Lipinski definition) is 1. The van der Waals surface area contributed by atoms with Crippen LogP contribution in [0.5, 0.6) is 0 Å². The van der Waals surface area contributed by atoms with Gasteiger partial charge in [-0.2, -0.15) is 0 Å². The van der Waals surface area contributed by atoms with E-state index in [-0.39, 0.29) is 6.04 Å². The molecule has 0 amide bonds. The van der Waals surface area contributed by atoms with Crippen LogP contribution in [0.4, 0.5) is 0 Å². The van der Waals surface area contributed by atoms with Crippen molar-refractivity contribution in [2.75, 3.05) is 13.1 Å². The molecule has 2 atom stereocenters. The molecule has 1 aromatic rings. The van der Waals surface area contributed by atoms with Crippen molar-refractivity contribution in [3.05, 3.63) is 34.3 Å². The molecule has 2 nitrogen and oxygen atoms in total. The lowest BCUT2D eigenvalue weighted by Gasteiger charge is -2.40. The fourth-order valence-electron chi connectivity index (χ4n) is 3.56. The molecule has 3 heteroatoms. The van der Waals surface area contributed by atoms with E-state index in [1.165, 1.54) is 48.8 Å². The summed E-state index contributed by atoms with van der Waals surface area (Å²) in [4.78, 5) is 2.61. The Morgan fingerprint density at radius 3 is 2.48 bits per heavy atom. The van der Waals surface area contributed by atoms with Crippen LogP contribution >= 0.6 is 15.9 Å². The van der Waals surface area contributed by atoms with Crippen molar-refractivity contribution in [2.45, 2.75) is 58.0 Å². The second kappa shape index (κ2) is 8.30. The molecule has 1 aliphatic rings.